The molecule has 2 heterocycles. The normalized spacial score (nSPS) is 10.9. The van der Waals surface area contributed by atoms with Crippen LogP contribution in [-0.2, 0) is 6.42 Å². The molecule has 4 aromatic rings. The lowest BCUT2D eigenvalue weighted by Gasteiger charge is -2.04. The van der Waals surface area contributed by atoms with Crippen LogP contribution in [0.1, 0.15) is 33.8 Å². The number of aryl methyl sites for hydroxylation is 2. The van der Waals surface area contributed by atoms with Gasteiger partial charge >= 0.3 is 0 Å². The van der Waals surface area contributed by atoms with E-state index >= 15 is 0 Å². The molecule has 0 aliphatic rings. The zero-order valence-electron chi connectivity index (χ0n) is 17.2. The average Bonchev–Trinajstić information content (AvgIpc) is 3.28. The van der Waals surface area contributed by atoms with Gasteiger partial charge in [0.05, 0.1) is 11.4 Å². The minimum absolute atomic E-state index is 0.190. The first-order chi connectivity index (χ1) is 15.4. The molecule has 0 radical (unpaired) electrons. The predicted octanol–water partition coefficient (Wildman–Crippen LogP) is 4.54. The summed E-state index contributed by atoms with van der Waals surface area (Å²) >= 11 is 6.03. The van der Waals surface area contributed by atoms with Crippen molar-refractivity contribution >= 4 is 34.3 Å². The highest BCUT2D eigenvalue weighted by Gasteiger charge is 2.19. The number of nitrogen functional groups attached to an aromatic ring is 1. The van der Waals surface area contributed by atoms with Gasteiger partial charge in [-0.2, -0.15) is 10.4 Å². The van der Waals surface area contributed by atoms with Gasteiger partial charge in [-0.1, -0.05) is 11.6 Å². The molecule has 0 aliphatic carbocycles. The molecular formula is C23H19ClFN5O2. The summed E-state index contributed by atoms with van der Waals surface area (Å²) in [4.78, 5) is 12.6. The van der Waals surface area contributed by atoms with Crippen LogP contribution in [0.2, 0.25) is 5.02 Å². The topological polar surface area (TPSA) is 110 Å². The van der Waals surface area contributed by atoms with Crippen LogP contribution in [-0.4, -0.2) is 22.2 Å². The minimum atomic E-state index is -0.376. The van der Waals surface area contributed by atoms with Crippen LogP contribution in [0, 0.1) is 24.1 Å². The van der Waals surface area contributed by atoms with E-state index < -0.39 is 0 Å². The minimum Gasteiger partial charge on any atom is -0.451 e. The highest BCUT2D eigenvalue weighted by atomic mass is 35.5. The second-order valence-corrected chi connectivity index (χ2v) is 7.70. The fourth-order valence-corrected chi connectivity index (χ4v) is 3.67. The molecule has 1 amide bonds. The number of halogens is 2. The summed E-state index contributed by atoms with van der Waals surface area (Å²) < 4.78 is 20.3. The SMILES string of the molecule is Cc1c(C(=O)NCCCc2nn(-c3ccc(F)cc3)c(N)c2C#N)oc2ccc(Cl)cc12. The predicted molar refractivity (Wildman–Crippen MR) is 119 cm³/mol. The number of nitrogens with two attached hydrogens (primary N) is 1. The van der Waals surface area contributed by atoms with Gasteiger partial charge in [-0.3, -0.25) is 4.79 Å². The van der Waals surface area contributed by atoms with Crippen LogP contribution in [0.15, 0.2) is 46.9 Å². The number of carbonyl (C=O) groups excluding carboxylic acids is 1. The molecule has 4 rings (SSSR count). The molecule has 0 aliphatic heterocycles. The first kappa shape index (κ1) is 21.4. The summed E-state index contributed by atoms with van der Waals surface area (Å²) in [5.41, 5.74) is 8.72. The second kappa shape index (κ2) is 8.73. The Balaban J connectivity index is 1.42. The van der Waals surface area contributed by atoms with Crippen molar-refractivity contribution in [1.29, 1.82) is 5.26 Å². The van der Waals surface area contributed by atoms with E-state index in [1.54, 1.807) is 25.1 Å². The number of benzene rings is 2. The summed E-state index contributed by atoms with van der Waals surface area (Å²) in [6.45, 7) is 2.16. The van der Waals surface area contributed by atoms with Crippen molar-refractivity contribution in [2.24, 2.45) is 0 Å². The number of fused-ring (bicyclic) bond motifs is 1. The number of aromatic nitrogens is 2. The van der Waals surface area contributed by atoms with E-state index in [1.165, 1.54) is 28.9 Å². The smallest absolute Gasteiger partial charge is 0.287 e. The van der Waals surface area contributed by atoms with Crippen LogP contribution >= 0.6 is 11.6 Å². The van der Waals surface area contributed by atoms with Crippen molar-refractivity contribution in [3.05, 3.63) is 75.9 Å². The number of anilines is 1. The summed E-state index contributed by atoms with van der Waals surface area (Å²) in [6.07, 6.45) is 0.960. The van der Waals surface area contributed by atoms with E-state index in [4.69, 9.17) is 21.8 Å². The zero-order chi connectivity index (χ0) is 22.8. The van der Waals surface area contributed by atoms with E-state index in [0.717, 1.165) is 10.9 Å². The molecule has 32 heavy (non-hydrogen) atoms. The van der Waals surface area contributed by atoms with E-state index in [-0.39, 0.29) is 28.9 Å². The van der Waals surface area contributed by atoms with Crippen LogP contribution in [0.4, 0.5) is 10.2 Å². The van der Waals surface area contributed by atoms with Crippen molar-refractivity contribution in [1.82, 2.24) is 15.1 Å². The van der Waals surface area contributed by atoms with Crippen molar-refractivity contribution in [2.75, 3.05) is 12.3 Å². The van der Waals surface area contributed by atoms with E-state index in [2.05, 4.69) is 16.5 Å². The maximum absolute atomic E-state index is 13.2. The van der Waals surface area contributed by atoms with Gasteiger partial charge in [0, 0.05) is 22.5 Å². The standard InChI is InChI=1S/C23H19ClFN5O2/c1-13-17-11-14(24)4-9-20(17)32-21(13)23(31)28-10-2-3-19-18(12-26)22(27)30(29-19)16-7-5-15(25)6-8-16/h4-9,11H,2-3,10,27H2,1H3,(H,28,31). The molecule has 0 atom stereocenters. The third kappa shape index (κ3) is 4.03. The number of carbonyl (C=O) groups is 1. The largest absolute Gasteiger partial charge is 0.451 e. The molecule has 0 fully saturated rings. The lowest BCUT2D eigenvalue weighted by molar-refractivity contribution is 0.0927. The van der Waals surface area contributed by atoms with Crippen molar-refractivity contribution in [3.8, 4) is 11.8 Å². The van der Waals surface area contributed by atoms with Crippen LogP contribution in [0.5, 0.6) is 0 Å². The molecule has 2 aromatic heterocycles. The lowest BCUT2D eigenvalue weighted by atomic mass is 10.1. The first-order valence-electron chi connectivity index (χ1n) is 9.89. The van der Waals surface area contributed by atoms with Crippen molar-refractivity contribution < 1.29 is 13.6 Å². The summed E-state index contributed by atoms with van der Waals surface area (Å²) in [7, 11) is 0. The van der Waals surface area contributed by atoms with Gasteiger partial charge in [-0.25, -0.2) is 9.07 Å². The monoisotopic (exact) mass is 451 g/mol. The number of hydrogen-bond donors (Lipinski definition) is 2. The molecule has 0 saturated heterocycles. The third-order valence-corrected chi connectivity index (χ3v) is 5.39. The Kier molecular flexibility index (Phi) is 5.84. The molecule has 3 N–H and O–H groups in total. The fourth-order valence-electron chi connectivity index (χ4n) is 3.50. The zero-order valence-corrected chi connectivity index (χ0v) is 17.9. The molecule has 2 aromatic carbocycles. The molecule has 9 heteroatoms. The Morgan fingerprint density at radius 1 is 1.31 bits per heavy atom. The van der Waals surface area contributed by atoms with Gasteiger partial charge in [0.15, 0.2) is 5.76 Å². The number of furan rings is 1. The number of nitrogens with zero attached hydrogens (tertiary/aromatic N) is 3. The second-order valence-electron chi connectivity index (χ2n) is 7.26. The van der Waals surface area contributed by atoms with Gasteiger partial charge in [0.1, 0.15) is 28.9 Å². The van der Waals surface area contributed by atoms with Gasteiger partial charge in [-0.05, 0) is 62.2 Å². The van der Waals surface area contributed by atoms with Gasteiger partial charge < -0.3 is 15.5 Å². The molecule has 0 spiro atoms. The third-order valence-electron chi connectivity index (χ3n) is 5.16. The molecule has 0 bridgehead atoms. The summed E-state index contributed by atoms with van der Waals surface area (Å²) in [6, 6.07) is 12.9. The summed E-state index contributed by atoms with van der Waals surface area (Å²) in [5.74, 6) is -0.273. The highest BCUT2D eigenvalue weighted by Crippen LogP contribution is 2.28. The Labute approximate surface area is 188 Å². The number of amides is 1. The van der Waals surface area contributed by atoms with Crippen molar-refractivity contribution in [2.45, 2.75) is 19.8 Å². The molecule has 7 nitrogen and oxygen atoms in total. The number of hydrogen-bond acceptors (Lipinski definition) is 5. The van der Waals surface area contributed by atoms with Crippen LogP contribution in [0.3, 0.4) is 0 Å². The Morgan fingerprint density at radius 3 is 2.78 bits per heavy atom. The Bertz CT molecular complexity index is 1350. The highest BCUT2D eigenvalue weighted by molar-refractivity contribution is 6.31. The number of nitrogens with one attached hydrogen (secondary N) is 1. The molecule has 162 valence electrons. The number of rotatable bonds is 6. The maximum Gasteiger partial charge on any atom is 0.287 e. The summed E-state index contributed by atoms with van der Waals surface area (Å²) in [5, 5.41) is 18.1. The van der Waals surface area contributed by atoms with Gasteiger partial charge in [0.25, 0.3) is 5.91 Å². The van der Waals surface area contributed by atoms with E-state index in [0.29, 0.717) is 41.4 Å². The average molecular weight is 452 g/mol. The van der Waals surface area contributed by atoms with Crippen molar-refractivity contribution in [3.63, 3.8) is 0 Å². The Hall–Kier alpha value is -3.83. The maximum atomic E-state index is 13.2. The fraction of sp³-hybridized carbons (Fsp3) is 0.174. The molecule has 0 saturated carbocycles. The quantitative estimate of drug-likeness (QED) is 0.418. The lowest BCUT2D eigenvalue weighted by Crippen LogP contribution is -2.25. The first-order valence-corrected chi connectivity index (χ1v) is 10.3. The van der Waals surface area contributed by atoms with Gasteiger partial charge in [-0.15, -0.1) is 0 Å². The molecular weight excluding hydrogens is 433 g/mol. The molecule has 0 unspecified atom stereocenters. The van der Waals surface area contributed by atoms with Crippen LogP contribution in [0.25, 0.3) is 16.7 Å². The van der Waals surface area contributed by atoms with Gasteiger partial charge in [0.2, 0.25) is 0 Å². The number of nitriles is 1. The van der Waals surface area contributed by atoms with E-state index in [1.807, 2.05) is 0 Å². The Morgan fingerprint density at radius 2 is 2.06 bits per heavy atom. The van der Waals surface area contributed by atoms with E-state index in [9.17, 15) is 14.4 Å². The van der Waals surface area contributed by atoms with Crippen LogP contribution < -0.4 is 11.1 Å².